The first kappa shape index (κ1) is 12.5. The Hall–Kier alpha value is -1.48. The highest BCUT2D eigenvalue weighted by Crippen LogP contribution is 2.40. The van der Waals surface area contributed by atoms with Crippen molar-refractivity contribution in [2.24, 2.45) is 0 Å². The van der Waals surface area contributed by atoms with Crippen LogP contribution in [0.4, 0.5) is 0 Å². The third-order valence-corrected chi connectivity index (χ3v) is 4.39. The van der Waals surface area contributed by atoms with Gasteiger partial charge < -0.3 is 9.47 Å². The molecule has 0 unspecified atom stereocenters. The van der Waals surface area contributed by atoms with Crippen LogP contribution in [0.15, 0.2) is 0 Å². The molecule has 2 aliphatic rings. The van der Waals surface area contributed by atoms with Gasteiger partial charge in [-0.05, 0) is 0 Å². The van der Waals surface area contributed by atoms with Crippen LogP contribution >= 0.6 is 11.3 Å². The lowest BCUT2D eigenvalue weighted by Gasteiger charge is -2.06. The molecule has 0 bridgehead atoms. The van der Waals surface area contributed by atoms with Crippen LogP contribution in [0, 0.1) is 22.7 Å². The largest absolute Gasteiger partial charge is 0.345 e. The van der Waals surface area contributed by atoms with Gasteiger partial charge in [-0.3, -0.25) is 0 Å². The Morgan fingerprint density at radius 3 is 2.11 bits per heavy atom. The Bertz CT molecular complexity index is 511. The molecule has 0 aliphatic carbocycles. The molecule has 2 fully saturated rings. The lowest BCUT2D eigenvalue weighted by molar-refractivity contribution is -0.248. The van der Waals surface area contributed by atoms with Gasteiger partial charge in [-0.15, -0.1) is 11.3 Å². The molecule has 1 aromatic rings. The van der Waals surface area contributed by atoms with Crippen LogP contribution < -0.4 is 0 Å². The maximum atomic E-state index is 9.29. The van der Waals surface area contributed by atoms with Gasteiger partial charge >= 0.3 is 0 Å². The van der Waals surface area contributed by atoms with Crippen LogP contribution in [-0.4, -0.2) is 26.4 Å². The molecule has 3 heterocycles. The van der Waals surface area contributed by atoms with Crippen molar-refractivity contribution in [2.75, 3.05) is 26.4 Å². The molecule has 19 heavy (non-hydrogen) atoms. The standard InChI is InChI=1S/C12H10N2O4S/c13-3-8-9(4-14)11(12-15-1-2-16-12)19-10(8)7-5-17-18-6-7/h7,12H,1-2,5-6H2. The molecule has 1 aromatic heterocycles. The zero-order chi connectivity index (χ0) is 13.2. The Labute approximate surface area is 113 Å². The van der Waals surface area contributed by atoms with Gasteiger partial charge in [0.2, 0.25) is 0 Å². The van der Waals surface area contributed by atoms with E-state index in [-0.39, 0.29) is 5.92 Å². The molecular formula is C12H10N2O4S. The number of nitriles is 2. The molecular weight excluding hydrogens is 268 g/mol. The quantitative estimate of drug-likeness (QED) is 0.764. The summed E-state index contributed by atoms with van der Waals surface area (Å²) in [6.07, 6.45) is -0.538. The van der Waals surface area contributed by atoms with Crippen LogP contribution in [0.5, 0.6) is 0 Å². The van der Waals surface area contributed by atoms with E-state index in [1.165, 1.54) is 11.3 Å². The van der Waals surface area contributed by atoms with Crippen molar-refractivity contribution in [2.45, 2.75) is 12.2 Å². The van der Waals surface area contributed by atoms with E-state index >= 15 is 0 Å². The third-order valence-electron chi connectivity index (χ3n) is 3.01. The number of hydrogen-bond donors (Lipinski definition) is 0. The molecule has 2 saturated heterocycles. The minimum absolute atomic E-state index is 0.0121. The molecule has 0 atom stereocenters. The van der Waals surface area contributed by atoms with Crippen molar-refractivity contribution >= 4 is 11.3 Å². The van der Waals surface area contributed by atoms with E-state index in [0.29, 0.717) is 42.4 Å². The summed E-state index contributed by atoms with van der Waals surface area (Å²) >= 11 is 1.37. The number of ether oxygens (including phenoxy) is 2. The van der Waals surface area contributed by atoms with E-state index < -0.39 is 6.29 Å². The Morgan fingerprint density at radius 1 is 0.947 bits per heavy atom. The fourth-order valence-electron chi connectivity index (χ4n) is 2.11. The van der Waals surface area contributed by atoms with Gasteiger partial charge in [0.15, 0.2) is 6.29 Å². The van der Waals surface area contributed by atoms with E-state index in [4.69, 9.17) is 19.2 Å². The summed E-state index contributed by atoms with van der Waals surface area (Å²) in [7, 11) is 0. The first-order valence-electron chi connectivity index (χ1n) is 5.79. The van der Waals surface area contributed by atoms with Crippen molar-refractivity contribution in [3.05, 3.63) is 20.9 Å². The van der Waals surface area contributed by atoms with E-state index in [9.17, 15) is 10.5 Å². The van der Waals surface area contributed by atoms with Gasteiger partial charge in [-0.2, -0.15) is 10.5 Å². The predicted molar refractivity (Wildman–Crippen MR) is 63.0 cm³/mol. The van der Waals surface area contributed by atoms with Gasteiger partial charge in [-0.25, -0.2) is 9.78 Å². The van der Waals surface area contributed by atoms with Crippen LogP contribution in [0.1, 0.15) is 33.1 Å². The summed E-state index contributed by atoms with van der Waals surface area (Å²) < 4.78 is 10.8. The first-order chi connectivity index (χ1) is 9.35. The Balaban J connectivity index is 2.05. The predicted octanol–water partition coefficient (Wildman–Crippen LogP) is 1.58. The van der Waals surface area contributed by atoms with Gasteiger partial charge in [0.05, 0.1) is 42.4 Å². The highest BCUT2D eigenvalue weighted by atomic mass is 32.1. The van der Waals surface area contributed by atoms with E-state index in [1.54, 1.807) is 0 Å². The normalized spacial score (nSPS) is 20.5. The average molecular weight is 278 g/mol. The number of rotatable bonds is 2. The average Bonchev–Trinajstić information content (AvgIpc) is 3.16. The zero-order valence-electron chi connectivity index (χ0n) is 9.92. The second-order valence-electron chi connectivity index (χ2n) is 4.14. The molecule has 7 heteroatoms. The number of thiophene rings is 1. The van der Waals surface area contributed by atoms with Crippen molar-refractivity contribution in [1.82, 2.24) is 0 Å². The second-order valence-corrected chi connectivity index (χ2v) is 5.23. The van der Waals surface area contributed by atoms with Crippen molar-refractivity contribution in [3.8, 4) is 12.1 Å². The fourth-order valence-corrected chi connectivity index (χ4v) is 3.38. The minimum atomic E-state index is -0.538. The van der Waals surface area contributed by atoms with Crippen LogP contribution in [0.2, 0.25) is 0 Å². The van der Waals surface area contributed by atoms with Crippen LogP contribution in [0.3, 0.4) is 0 Å². The van der Waals surface area contributed by atoms with Crippen molar-refractivity contribution in [1.29, 1.82) is 10.5 Å². The SMILES string of the molecule is N#Cc1c(C2COOC2)sc(C2OCCO2)c1C#N. The highest BCUT2D eigenvalue weighted by Gasteiger charge is 2.32. The summed E-state index contributed by atoms with van der Waals surface area (Å²) in [6, 6.07) is 4.18. The summed E-state index contributed by atoms with van der Waals surface area (Å²) in [4.78, 5) is 11.2. The molecule has 2 aliphatic heterocycles. The van der Waals surface area contributed by atoms with E-state index in [0.717, 1.165) is 4.88 Å². The molecule has 3 rings (SSSR count). The third kappa shape index (κ3) is 2.12. The molecule has 6 nitrogen and oxygen atoms in total. The summed E-state index contributed by atoms with van der Waals surface area (Å²) in [5.41, 5.74) is 0.738. The van der Waals surface area contributed by atoms with Crippen LogP contribution in [0.25, 0.3) is 0 Å². The molecule has 98 valence electrons. The number of hydrogen-bond acceptors (Lipinski definition) is 7. The fraction of sp³-hybridized carbons (Fsp3) is 0.500. The highest BCUT2D eigenvalue weighted by molar-refractivity contribution is 7.12. The number of nitrogens with zero attached hydrogens (tertiary/aromatic N) is 2. The van der Waals surface area contributed by atoms with Gasteiger partial charge in [-0.1, -0.05) is 0 Å². The van der Waals surface area contributed by atoms with Gasteiger partial charge in [0.25, 0.3) is 0 Å². The van der Waals surface area contributed by atoms with E-state index in [1.807, 2.05) is 0 Å². The van der Waals surface area contributed by atoms with Crippen LogP contribution in [-0.2, 0) is 19.2 Å². The Morgan fingerprint density at radius 2 is 1.53 bits per heavy atom. The summed E-state index contributed by atoms with van der Waals surface area (Å²) in [6.45, 7) is 1.79. The van der Waals surface area contributed by atoms with Crippen molar-refractivity contribution < 1.29 is 19.2 Å². The second kappa shape index (κ2) is 5.25. The van der Waals surface area contributed by atoms with E-state index in [2.05, 4.69) is 12.1 Å². The smallest absolute Gasteiger partial charge is 0.194 e. The zero-order valence-corrected chi connectivity index (χ0v) is 10.7. The monoisotopic (exact) mass is 278 g/mol. The lowest BCUT2D eigenvalue weighted by atomic mass is 10.0. The maximum absolute atomic E-state index is 9.29. The first-order valence-corrected chi connectivity index (χ1v) is 6.61. The summed E-state index contributed by atoms with van der Waals surface area (Å²) in [5, 5.41) is 18.6. The van der Waals surface area contributed by atoms with Crippen molar-refractivity contribution in [3.63, 3.8) is 0 Å². The molecule has 0 N–H and O–H groups in total. The van der Waals surface area contributed by atoms with Gasteiger partial charge in [0.1, 0.15) is 12.1 Å². The lowest BCUT2D eigenvalue weighted by Crippen LogP contribution is -2.01. The maximum Gasteiger partial charge on any atom is 0.194 e. The molecule has 0 amide bonds. The molecule has 0 spiro atoms. The minimum Gasteiger partial charge on any atom is -0.345 e. The summed E-state index contributed by atoms with van der Waals surface area (Å²) in [5.74, 6) is -0.0121. The molecule has 0 radical (unpaired) electrons. The van der Waals surface area contributed by atoms with Gasteiger partial charge in [0, 0.05) is 10.8 Å². The Kier molecular flexibility index (Phi) is 3.47. The topological polar surface area (TPSA) is 84.5 Å². The molecule has 0 aromatic carbocycles. The molecule has 0 saturated carbocycles.